The minimum absolute atomic E-state index is 0.103. The molecule has 30 heavy (non-hydrogen) atoms. The van der Waals surface area contributed by atoms with Crippen molar-refractivity contribution < 1.29 is 17.6 Å². The van der Waals surface area contributed by atoms with Gasteiger partial charge in [-0.05, 0) is 59.3 Å². The number of anilines is 2. The Morgan fingerprint density at radius 3 is 2.20 bits per heavy atom. The van der Waals surface area contributed by atoms with Gasteiger partial charge in [-0.25, -0.2) is 12.8 Å². The van der Waals surface area contributed by atoms with Crippen molar-refractivity contribution >= 4 is 38.1 Å². The van der Waals surface area contributed by atoms with E-state index in [1.807, 2.05) is 36.4 Å². The molecule has 150 valence electrons. The quantitative estimate of drug-likeness (QED) is 0.475. The number of rotatable bonds is 5. The number of halogens is 1. The van der Waals surface area contributed by atoms with E-state index in [0.29, 0.717) is 5.69 Å². The molecule has 0 aromatic heterocycles. The number of hydrogen-bond donors (Lipinski definition) is 2. The second-order valence-corrected chi connectivity index (χ2v) is 8.30. The monoisotopic (exact) mass is 420 g/mol. The minimum Gasteiger partial charge on any atom is -0.322 e. The van der Waals surface area contributed by atoms with Crippen LogP contribution in [0.3, 0.4) is 0 Å². The van der Waals surface area contributed by atoms with Crippen LogP contribution in [0.15, 0.2) is 95.9 Å². The van der Waals surface area contributed by atoms with Gasteiger partial charge in [0.1, 0.15) is 5.82 Å². The molecule has 7 heteroatoms. The molecule has 0 spiro atoms. The van der Waals surface area contributed by atoms with E-state index < -0.39 is 21.7 Å². The lowest BCUT2D eigenvalue weighted by atomic mass is 10.1. The zero-order chi connectivity index (χ0) is 21.1. The van der Waals surface area contributed by atoms with E-state index in [0.717, 1.165) is 35.0 Å². The number of para-hydroxylation sites is 1. The predicted octanol–water partition coefficient (Wildman–Crippen LogP) is 5.03. The highest BCUT2D eigenvalue weighted by Crippen LogP contribution is 2.23. The van der Waals surface area contributed by atoms with Gasteiger partial charge in [0.05, 0.1) is 16.1 Å². The summed E-state index contributed by atoms with van der Waals surface area (Å²) in [5.41, 5.74) is 0.881. The van der Waals surface area contributed by atoms with Crippen molar-refractivity contribution in [2.45, 2.75) is 4.90 Å². The SMILES string of the molecule is O=C(Nc1ccc2ccccc2c1)c1ccccc1NS(=O)(=O)c1ccc(F)cc1. The van der Waals surface area contributed by atoms with Crippen LogP contribution < -0.4 is 10.0 Å². The molecule has 0 bridgehead atoms. The van der Waals surface area contributed by atoms with Crippen molar-refractivity contribution in [3.63, 3.8) is 0 Å². The molecule has 0 aliphatic heterocycles. The van der Waals surface area contributed by atoms with Crippen LogP contribution >= 0.6 is 0 Å². The Bertz CT molecular complexity index is 1340. The summed E-state index contributed by atoms with van der Waals surface area (Å²) in [5, 5.41) is 4.82. The lowest BCUT2D eigenvalue weighted by molar-refractivity contribution is 0.102. The van der Waals surface area contributed by atoms with Crippen molar-refractivity contribution in [3.05, 3.63) is 102 Å². The number of amides is 1. The van der Waals surface area contributed by atoms with Crippen LogP contribution in [0, 0.1) is 5.82 Å². The van der Waals surface area contributed by atoms with Gasteiger partial charge in [-0.2, -0.15) is 0 Å². The Balaban J connectivity index is 1.60. The Morgan fingerprint density at radius 2 is 1.43 bits per heavy atom. The largest absolute Gasteiger partial charge is 0.322 e. The fourth-order valence-electron chi connectivity index (χ4n) is 3.05. The number of hydrogen-bond acceptors (Lipinski definition) is 3. The zero-order valence-corrected chi connectivity index (χ0v) is 16.5. The van der Waals surface area contributed by atoms with Gasteiger partial charge in [0, 0.05) is 5.69 Å². The summed E-state index contributed by atoms with van der Waals surface area (Å²) in [4.78, 5) is 12.7. The molecule has 4 rings (SSSR count). The molecule has 5 nitrogen and oxygen atoms in total. The molecular weight excluding hydrogens is 403 g/mol. The van der Waals surface area contributed by atoms with E-state index in [4.69, 9.17) is 0 Å². The first-order valence-corrected chi connectivity index (χ1v) is 10.6. The van der Waals surface area contributed by atoms with Crippen LogP contribution in [0.5, 0.6) is 0 Å². The fourth-order valence-corrected chi connectivity index (χ4v) is 4.13. The smallest absolute Gasteiger partial charge is 0.261 e. The summed E-state index contributed by atoms with van der Waals surface area (Å²) in [6, 6.07) is 24.0. The van der Waals surface area contributed by atoms with E-state index in [2.05, 4.69) is 10.0 Å². The summed E-state index contributed by atoms with van der Waals surface area (Å²) in [5.74, 6) is -0.994. The number of carbonyl (C=O) groups excluding carboxylic acids is 1. The summed E-state index contributed by atoms with van der Waals surface area (Å²) in [7, 11) is -3.98. The molecule has 0 fully saturated rings. The van der Waals surface area contributed by atoms with Crippen molar-refractivity contribution in [3.8, 4) is 0 Å². The molecule has 4 aromatic carbocycles. The third-order valence-electron chi connectivity index (χ3n) is 4.55. The lowest BCUT2D eigenvalue weighted by Crippen LogP contribution is -2.18. The molecule has 4 aromatic rings. The Morgan fingerprint density at radius 1 is 0.767 bits per heavy atom. The minimum atomic E-state index is -3.98. The van der Waals surface area contributed by atoms with Crippen LogP contribution in [0.25, 0.3) is 10.8 Å². The van der Waals surface area contributed by atoms with Gasteiger partial charge in [0.25, 0.3) is 15.9 Å². The van der Waals surface area contributed by atoms with Gasteiger partial charge >= 0.3 is 0 Å². The highest BCUT2D eigenvalue weighted by Gasteiger charge is 2.19. The molecule has 0 aliphatic carbocycles. The summed E-state index contributed by atoms with van der Waals surface area (Å²) in [6.07, 6.45) is 0. The number of sulfonamides is 1. The summed E-state index contributed by atoms with van der Waals surface area (Å²) in [6.45, 7) is 0. The first-order chi connectivity index (χ1) is 14.4. The van der Waals surface area contributed by atoms with Gasteiger partial charge in [0.2, 0.25) is 0 Å². The predicted molar refractivity (Wildman–Crippen MR) is 116 cm³/mol. The fraction of sp³-hybridized carbons (Fsp3) is 0. The maximum Gasteiger partial charge on any atom is 0.261 e. The van der Waals surface area contributed by atoms with Crippen molar-refractivity contribution in [1.29, 1.82) is 0 Å². The number of fused-ring (bicyclic) bond motifs is 1. The highest BCUT2D eigenvalue weighted by atomic mass is 32.2. The van der Waals surface area contributed by atoms with E-state index in [9.17, 15) is 17.6 Å². The molecule has 0 unspecified atom stereocenters. The average molecular weight is 420 g/mol. The van der Waals surface area contributed by atoms with E-state index in [-0.39, 0.29) is 16.1 Å². The molecule has 2 N–H and O–H groups in total. The van der Waals surface area contributed by atoms with E-state index >= 15 is 0 Å². The van der Waals surface area contributed by atoms with Crippen molar-refractivity contribution in [2.24, 2.45) is 0 Å². The Hall–Kier alpha value is -3.71. The molecule has 0 aliphatic rings. The first kappa shape index (κ1) is 19.6. The summed E-state index contributed by atoms with van der Waals surface area (Å²) >= 11 is 0. The van der Waals surface area contributed by atoms with Crippen LogP contribution in [0.2, 0.25) is 0 Å². The van der Waals surface area contributed by atoms with Crippen LogP contribution in [0.4, 0.5) is 15.8 Å². The molecule has 0 saturated carbocycles. The number of benzene rings is 4. The van der Waals surface area contributed by atoms with Crippen LogP contribution in [-0.2, 0) is 10.0 Å². The molecule has 0 saturated heterocycles. The second kappa shape index (κ2) is 7.96. The Labute approximate surface area is 173 Å². The maximum atomic E-state index is 13.1. The van der Waals surface area contributed by atoms with Crippen LogP contribution in [-0.4, -0.2) is 14.3 Å². The van der Waals surface area contributed by atoms with Crippen molar-refractivity contribution in [1.82, 2.24) is 0 Å². The lowest BCUT2D eigenvalue weighted by Gasteiger charge is -2.13. The summed E-state index contributed by atoms with van der Waals surface area (Å²) < 4.78 is 40.8. The van der Waals surface area contributed by atoms with Gasteiger partial charge < -0.3 is 5.32 Å². The van der Waals surface area contributed by atoms with Gasteiger partial charge in [0.15, 0.2) is 0 Å². The van der Waals surface area contributed by atoms with E-state index in [1.54, 1.807) is 18.2 Å². The van der Waals surface area contributed by atoms with E-state index in [1.165, 1.54) is 12.1 Å². The maximum absolute atomic E-state index is 13.1. The third kappa shape index (κ3) is 4.16. The topological polar surface area (TPSA) is 75.3 Å². The average Bonchev–Trinajstić information content (AvgIpc) is 2.74. The second-order valence-electron chi connectivity index (χ2n) is 6.62. The first-order valence-electron chi connectivity index (χ1n) is 9.10. The molecule has 1 amide bonds. The normalized spacial score (nSPS) is 11.2. The van der Waals surface area contributed by atoms with Crippen molar-refractivity contribution in [2.75, 3.05) is 10.0 Å². The van der Waals surface area contributed by atoms with Gasteiger partial charge in [-0.15, -0.1) is 0 Å². The standard InChI is InChI=1S/C23H17FN2O3S/c24-18-10-13-20(14-11-18)30(28,29)26-22-8-4-3-7-21(22)23(27)25-19-12-9-16-5-1-2-6-17(16)15-19/h1-15,26H,(H,25,27). The van der Waals surface area contributed by atoms with Crippen LogP contribution in [0.1, 0.15) is 10.4 Å². The number of nitrogens with one attached hydrogen (secondary N) is 2. The zero-order valence-electron chi connectivity index (χ0n) is 15.7. The molecule has 0 radical (unpaired) electrons. The number of carbonyl (C=O) groups is 1. The van der Waals surface area contributed by atoms with Gasteiger partial charge in [-0.1, -0.05) is 42.5 Å². The Kier molecular flexibility index (Phi) is 5.20. The highest BCUT2D eigenvalue weighted by molar-refractivity contribution is 7.92. The molecular formula is C23H17FN2O3S. The van der Waals surface area contributed by atoms with Gasteiger partial charge in [-0.3, -0.25) is 9.52 Å². The molecule has 0 heterocycles. The molecule has 0 atom stereocenters. The third-order valence-corrected chi connectivity index (χ3v) is 5.93.